The summed E-state index contributed by atoms with van der Waals surface area (Å²) in [6.45, 7) is 3.38. The SMILES string of the molecule is CC(=O)Nc1ccc(N2C(=O)CC(N(C(=O)c3ccc(C)cc3)C3CCCCCC3)C2=O)cc1. The van der Waals surface area contributed by atoms with E-state index in [4.69, 9.17) is 0 Å². The lowest BCUT2D eigenvalue weighted by Crippen LogP contribution is -2.50. The molecule has 4 rings (SSSR count). The summed E-state index contributed by atoms with van der Waals surface area (Å²) >= 11 is 0. The number of hydrogen-bond donors (Lipinski definition) is 1. The molecule has 0 aromatic heterocycles. The van der Waals surface area contributed by atoms with Crippen molar-refractivity contribution in [1.82, 2.24) is 4.90 Å². The average molecular weight is 462 g/mol. The van der Waals surface area contributed by atoms with Gasteiger partial charge in [0.15, 0.2) is 0 Å². The number of nitrogens with one attached hydrogen (secondary N) is 1. The van der Waals surface area contributed by atoms with Gasteiger partial charge in [0.2, 0.25) is 11.8 Å². The number of carbonyl (C=O) groups excluding carboxylic acids is 4. The van der Waals surface area contributed by atoms with Gasteiger partial charge in [0.05, 0.1) is 12.1 Å². The van der Waals surface area contributed by atoms with Crippen LogP contribution in [0.5, 0.6) is 0 Å². The maximum Gasteiger partial charge on any atom is 0.257 e. The molecule has 0 radical (unpaired) electrons. The summed E-state index contributed by atoms with van der Waals surface area (Å²) in [5.41, 5.74) is 2.61. The van der Waals surface area contributed by atoms with Crippen LogP contribution in [0.1, 0.15) is 67.8 Å². The van der Waals surface area contributed by atoms with Crippen molar-refractivity contribution in [2.24, 2.45) is 0 Å². The first-order valence-electron chi connectivity index (χ1n) is 12.0. The predicted molar refractivity (Wildman–Crippen MR) is 130 cm³/mol. The third kappa shape index (κ3) is 5.03. The molecule has 1 atom stereocenters. The molecule has 1 unspecified atom stereocenters. The molecular weight excluding hydrogens is 430 g/mol. The molecule has 2 fully saturated rings. The van der Waals surface area contributed by atoms with Crippen LogP contribution in [-0.2, 0) is 14.4 Å². The fraction of sp³-hybridized carbons (Fsp3) is 0.407. The van der Waals surface area contributed by atoms with E-state index in [1.54, 1.807) is 41.3 Å². The Bertz CT molecular complexity index is 1070. The van der Waals surface area contributed by atoms with Gasteiger partial charge in [-0.15, -0.1) is 0 Å². The molecule has 2 aliphatic rings. The summed E-state index contributed by atoms with van der Waals surface area (Å²) in [7, 11) is 0. The van der Waals surface area contributed by atoms with Crippen LogP contribution in [0.25, 0.3) is 0 Å². The van der Waals surface area contributed by atoms with Crippen LogP contribution >= 0.6 is 0 Å². The third-order valence-electron chi connectivity index (χ3n) is 6.66. The van der Waals surface area contributed by atoms with Crippen LogP contribution in [-0.4, -0.2) is 40.6 Å². The predicted octanol–water partition coefficient (Wildman–Crippen LogP) is 4.45. The number of rotatable bonds is 5. The van der Waals surface area contributed by atoms with Crippen molar-refractivity contribution in [1.29, 1.82) is 0 Å². The van der Waals surface area contributed by atoms with E-state index in [0.717, 1.165) is 44.1 Å². The van der Waals surface area contributed by atoms with E-state index in [1.165, 1.54) is 11.8 Å². The molecule has 1 heterocycles. The Labute approximate surface area is 200 Å². The molecule has 1 saturated carbocycles. The maximum absolute atomic E-state index is 13.7. The van der Waals surface area contributed by atoms with Crippen LogP contribution in [0.4, 0.5) is 11.4 Å². The number of aryl methyl sites for hydroxylation is 1. The number of benzene rings is 2. The molecule has 1 aliphatic heterocycles. The average Bonchev–Trinajstić information content (AvgIpc) is 2.97. The molecule has 7 nitrogen and oxygen atoms in total. The second-order valence-corrected chi connectivity index (χ2v) is 9.24. The Balaban J connectivity index is 1.63. The van der Waals surface area contributed by atoms with E-state index in [2.05, 4.69) is 5.32 Å². The zero-order chi connectivity index (χ0) is 24.2. The van der Waals surface area contributed by atoms with Crippen molar-refractivity contribution in [2.75, 3.05) is 10.2 Å². The van der Waals surface area contributed by atoms with Crippen molar-refractivity contribution in [3.63, 3.8) is 0 Å². The van der Waals surface area contributed by atoms with Gasteiger partial charge in [-0.3, -0.25) is 19.2 Å². The summed E-state index contributed by atoms with van der Waals surface area (Å²) in [4.78, 5) is 54.5. The number of nitrogens with zero attached hydrogens (tertiary/aromatic N) is 2. The molecule has 1 N–H and O–H groups in total. The Kier molecular flexibility index (Phi) is 7.10. The monoisotopic (exact) mass is 461 g/mol. The number of anilines is 2. The normalized spacial score (nSPS) is 19.1. The third-order valence-corrected chi connectivity index (χ3v) is 6.66. The second kappa shape index (κ2) is 10.2. The minimum atomic E-state index is -0.820. The Hall–Kier alpha value is -3.48. The Morgan fingerprint density at radius 1 is 0.912 bits per heavy atom. The van der Waals surface area contributed by atoms with Gasteiger partial charge in [-0.1, -0.05) is 43.4 Å². The summed E-state index contributed by atoms with van der Waals surface area (Å²) in [6, 6.07) is 13.1. The summed E-state index contributed by atoms with van der Waals surface area (Å²) in [5.74, 6) is -1.09. The van der Waals surface area contributed by atoms with E-state index in [-0.39, 0.29) is 36.1 Å². The summed E-state index contributed by atoms with van der Waals surface area (Å²) in [5, 5.41) is 2.68. The molecule has 0 bridgehead atoms. The van der Waals surface area contributed by atoms with Gasteiger partial charge in [0.25, 0.3) is 11.8 Å². The van der Waals surface area contributed by atoms with Gasteiger partial charge < -0.3 is 10.2 Å². The smallest absolute Gasteiger partial charge is 0.257 e. The van der Waals surface area contributed by atoms with Crippen LogP contribution < -0.4 is 10.2 Å². The van der Waals surface area contributed by atoms with E-state index < -0.39 is 6.04 Å². The quantitative estimate of drug-likeness (QED) is 0.526. The van der Waals surface area contributed by atoms with Crippen molar-refractivity contribution < 1.29 is 19.2 Å². The highest BCUT2D eigenvalue weighted by Gasteiger charge is 2.46. The first-order chi connectivity index (χ1) is 16.3. The van der Waals surface area contributed by atoms with Crippen LogP contribution in [0, 0.1) is 6.92 Å². The van der Waals surface area contributed by atoms with E-state index >= 15 is 0 Å². The number of imide groups is 1. The lowest BCUT2D eigenvalue weighted by atomic mass is 10.0. The Morgan fingerprint density at radius 3 is 2.12 bits per heavy atom. The molecule has 2 aromatic rings. The lowest BCUT2D eigenvalue weighted by molar-refractivity contribution is -0.123. The molecule has 7 heteroatoms. The van der Waals surface area contributed by atoms with Crippen LogP contribution in [0.15, 0.2) is 48.5 Å². The maximum atomic E-state index is 13.7. The highest BCUT2D eigenvalue weighted by molar-refractivity contribution is 6.23. The van der Waals surface area contributed by atoms with E-state index in [9.17, 15) is 19.2 Å². The van der Waals surface area contributed by atoms with Crippen molar-refractivity contribution in [3.05, 3.63) is 59.7 Å². The molecular formula is C27H31N3O4. The van der Waals surface area contributed by atoms with Gasteiger partial charge in [-0.2, -0.15) is 0 Å². The first-order valence-corrected chi connectivity index (χ1v) is 12.0. The standard InChI is InChI=1S/C27H31N3O4/c1-18-9-11-20(12-10-18)26(33)29(22-7-5-3-4-6-8-22)24-17-25(32)30(27(24)34)23-15-13-21(14-16-23)28-19(2)31/h9-16,22,24H,3-8,17H2,1-2H3,(H,28,31). The molecule has 4 amide bonds. The van der Waals surface area contributed by atoms with Gasteiger partial charge in [-0.25, -0.2) is 4.90 Å². The Morgan fingerprint density at radius 2 is 1.53 bits per heavy atom. The molecule has 178 valence electrons. The van der Waals surface area contributed by atoms with Gasteiger partial charge in [0.1, 0.15) is 6.04 Å². The second-order valence-electron chi connectivity index (χ2n) is 9.24. The topological polar surface area (TPSA) is 86.8 Å². The molecule has 34 heavy (non-hydrogen) atoms. The van der Waals surface area contributed by atoms with Crippen molar-refractivity contribution in [2.45, 2.75) is 70.9 Å². The van der Waals surface area contributed by atoms with Crippen molar-refractivity contribution >= 4 is 35.0 Å². The minimum absolute atomic E-state index is 0.0274. The summed E-state index contributed by atoms with van der Waals surface area (Å²) in [6.07, 6.45) is 5.89. The zero-order valence-corrected chi connectivity index (χ0v) is 19.8. The largest absolute Gasteiger partial charge is 0.326 e. The highest BCUT2D eigenvalue weighted by atomic mass is 16.2. The fourth-order valence-electron chi connectivity index (χ4n) is 4.94. The molecule has 2 aromatic carbocycles. The minimum Gasteiger partial charge on any atom is -0.326 e. The number of hydrogen-bond acceptors (Lipinski definition) is 4. The zero-order valence-electron chi connectivity index (χ0n) is 19.8. The number of amides is 4. The fourth-order valence-corrected chi connectivity index (χ4v) is 4.94. The highest BCUT2D eigenvalue weighted by Crippen LogP contribution is 2.32. The van der Waals surface area contributed by atoms with E-state index in [1.807, 2.05) is 19.1 Å². The number of carbonyl (C=O) groups is 4. The molecule has 1 aliphatic carbocycles. The van der Waals surface area contributed by atoms with Gasteiger partial charge in [-0.05, 0) is 56.2 Å². The van der Waals surface area contributed by atoms with E-state index in [0.29, 0.717) is 16.9 Å². The first kappa shape index (κ1) is 23.7. The molecule has 1 saturated heterocycles. The van der Waals surface area contributed by atoms with Gasteiger partial charge >= 0.3 is 0 Å². The van der Waals surface area contributed by atoms with Crippen LogP contribution in [0.3, 0.4) is 0 Å². The van der Waals surface area contributed by atoms with Crippen molar-refractivity contribution in [3.8, 4) is 0 Å². The lowest BCUT2D eigenvalue weighted by Gasteiger charge is -2.35. The molecule has 0 spiro atoms. The van der Waals surface area contributed by atoms with Gasteiger partial charge in [0, 0.05) is 24.2 Å². The summed E-state index contributed by atoms with van der Waals surface area (Å²) < 4.78 is 0. The van der Waals surface area contributed by atoms with Crippen LogP contribution in [0.2, 0.25) is 0 Å².